The second-order valence-corrected chi connectivity index (χ2v) is 7.20. The van der Waals surface area contributed by atoms with Crippen LogP contribution in [0, 0.1) is 5.92 Å². The van der Waals surface area contributed by atoms with Crippen molar-refractivity contribution in [3.63, 3.8) is 0 Å². The molecule has 1 saturated carbocycles. The number of morpholine rings is 1. The molecule has 0 amide bonds. The van der Waals surface area contributed by atoms with Crippen LogP contribution in [0.2, 0.25) is 0 Å². The summed E-state index contributed by atoms with van der Waals surface area (Å²) in [4.78, 5) is 6.64. The van der Waals surface area contributed by atoms with Gasteiger partial charge in [-0.05, 0) is 42.4 Å². The predicted molar refractivity (Wildman–Crippen MR) is 89.0 cm³/mol. The van der Waals surface area contributed by atoms with Crippen molar-refractivity contribution in [2.24, 2.45) is 5.92 Å². The van der Waals surface area contributed by atoms with Crippen LogP contribution in [0.5, 0.6) is 0 Å². The summed E-state index contributed by atoms with van der Waals surface area (Å²) in [6.07, 6.45) is 6.64. The number of nitrogens with zero attached hydrogens (tertiary/aromatic N) is 2. The minimum absolute atomic E-state index is 0.354. The maximum atomic E-state index is 5.91. The molecule has 1 unspecified atom stereocenters. The average molecular weight is 303 g/mol. The second-order valence-electron chi connectivity index (χ2n) is 7.20. The fraction of sp³-hybridized carbons (Fsp3) is 0.722. The van der Waals surface area contributed by atoms with Crippen LogP contribution >= 0.6 is 0 Å². The van der Waals surface area contributed by atoms with Crippen LogP contribution in [0.25, 0.3) is 0 Å². The average Bonchev–Trinajstić information content (AvgIpc) is 2.46. The van der Waals surface area contributed by atoms with Crippen molar-refractivity contribution in [2.75, 3.05) is 32.8 Å². The highest BCUT2D eigenvalue weighted by atomic mass is 16.5. The first-order chi connectivity index (χ1) is 10.7. The van der Waals surface area contributed by atoms with E-state index >= 15 is 0 Å². The van der Waals surface area contributed by atoms with Gasteiger partial charge in [0.2, 0.25) is 0 Å². The van der Waals surface area contributed by atoms with Crippen molar-refractivity contribution in [3.05, 3.63) is 30.1 Å². The topological polar surface area (TPSA) is 37.4 Å². The first-order valence-electron chi connectivity index (χ1n) is 8.68. The molecular weight excluding hydrogens is 274 g/mol. The quantitative estimate of drug-likeness (QED) is 0.875. The Morgan fingerprint density at radius 1 is 1.32 bits per heavy atom. The van der Waals surface area contributed by atoms with Gasteiger partial charge >= 0.3 is 0 Å². The summed E-state index contributed by atoms with van der Waals surface area (Å²) in [6.45, 7) is 9.79. The number of aromatic nitrogens is 1. The molecule has 4 heteroatoms. The van der Waals surface area contributed by atoms with Crippen LogP contribution in [0.4, 0.5) is 0 Å². The Balaban J connectivity index is 1.36. The van der Waals surface area contributed by atoms with Crippen molar-refractivity contribution in [2.45, 2.75) is 44.8 Å². The monoisotopic (exact) mass is 303 g/mol. The lowest BCUT2D eigenvalue weighted by Gasteiger charge is -2.39. The van der Waals surface area contributed by atoms with Gasteiger partial charge in [0.15, 0.2) is 0 Å². The highest BCUT2D eigenvalue weighted by Gasteiger charge is 2.31. The van der Waals surface area contributed by atoms with Crippen molar-refractivity contribution in [1.29, 1.82) is 0 Å². The van der Waals surface area contributed by atoms with E-state index in [1.54, 1.807) is 0 Å². The van der Waals surface area contributed by atoms with E-state index in [-0.39, 0.29) is 0 Å². The van der Waals surface area contributed by atoms with Crippen LogP contribution in [-0.4, -0.2) is 54.8 Å². The van der Waals surface area contributed by atoms with Crippen LogP contribution in [0.3, 0.4) is 0 Å². The standard InChI is InChI=1S/C18H29N3O/c1-14(2)12-21-7-8-22-18(13-21)11-20-17-9-16(10-17)15-3-5-19-6-4-15/h3-6,14,16-18,20H,7-13H2,1-2H3. The molecule has 3 rings (SSSR count). The fourth-order valence-corrected chi connectivity index (χ4v) is 3.58. The molecule has 0 spiro atoms. The van der Waals surface area contributed by atoms with E-state index in [0.29, 0.717) is 18.1 Å². The maximum absolute atomic E-state index is 5.91. The molecule has 2 heterocycles. The predicted octanol–water partition coefficient (Wildman–Crippen LogP) is 2.27. The third-order valence-corrected chi connectivity index (χ3v) is 4.80. The lowest BCUT2D eigenvalue weighted by atomic mass is 9.76. The minimum atomic E-state index is 0.354. The summed E-state index contributed by atoms with van der Waals surface area (Å²) >= 11 is 0. The van der Waals surface area contributed by atoms with Gasteiger partial charge < -0.3 is 10.1 Å². The molecule has 4 nitrogen and oxygen atoms in total. The lowest BCUT2D eigenvalue weighted by molar-refractivity contribution is -0.0325. The first kappa shape index (κ1) is 15.9. The molecular formula is C18H29N3O. The van der Waals surface area contributed by atoms with Crippen molar-refractivity contribution in [3.8, 4) is 0 Å². The number of rotatable bonds is 6. The summed E-state index contributed by atoms with van der Waals surface area (Å²) < 4.78 is 5.91. The molecule has 1 aromatic heterocycles. The Morgan fingerprint density at radius 2 is 2.09 bits per heavy atom. The summed E-state index contributed by atoms with van der Waals surface area (Å²) in [7, 11) is 0. The smallest absolute Gasteiger partial charge is 0.0826 e. The van der Waals surface area contributed by atoms with E-state index in [2.05, 4.69) is 41.2 Å². The molecule has 122 valence electrons. The number of nitrogens with one attached hydrogen (secondary N) is 1. The molecule has 2 fully saturated rings. The fourth-order valence-electron chi connectivity index (χ4n) is 3.58. The number of pyridine rings is 1. The molecule has 1 aromatic rings. The molecule has 1 atom stereocenters. The highest BCUT2D eigenvalue weighted by Crippen LogP contribution is 2.36. The first-order valence-corrected chi connectivity index (χ1v) is 8.68. The number of hydrogen-bond donors (Lipinski definition) is 1. The Labute approximate surface area is 134 Å². The Kier molecular flexibility index (Phi) is 5.45. The van der Waals surface area contributed by atoms with E-state index in [4.69, 9.17) is 4.74 Å². The molecule has 1 aliphatic heterocycles. The number of ether oxygens (including phenoxy) is 1. The van der Waals surface area contributed by atoms with Gasteiger partial charge in [0.05, 0.1) is 12.7 Å². The van der Waals surface area contributed by atoms with Crippen LogP contribution in [0.15, 0.2) is 24.5 Å². The van der Waals surface area contributed by atoms with Crippen molar-refractivity contribution < 1.29 is 4.74 Å². The summed E-state index contributed by atoms with van der Waals surface area (Å²) in [5.41, 5.74) is 1.44. The largest absolute Gasteiger partial charge is 0.374 e. The third kappa shape index (κ3) is 4.28. The summed E-state index contributed by atoms with van der Waals surface area (Å²) in [5, 5.41) is 3.70. The van der Waals surface area contributed by atoms with Gasteiger partial charge in [-0.1, -0.05) is 13.8 Å². The zero-order chi connectivity index (χ0) is 15.4. The van der Waals surface area contributed by atoms with Gasteiger partial charge in [-0.25, -0.2) is 0 Å². The lowest BCUT2D eigenvalue weighted by Crippen LogP contribution is -2.50. The van der Waals surface area contributed by atoms with E-state index < -0.39 is 0 Å². The Morgan fingerprint density at radius 3 is 2.82 bits per heavy atom. The van der Waals surface area contributed by atoms with Crippen LogP contribution in [0.1, 0.15) is 38.2 Å². The SMILES string of the molecule is CC(C)CN1CCOC(CNC2CC(c3ccncc3)C2)C1. The zero-order valence-electron chi connectivity index (χ0n) is 13.9. The second kappa shape index (κ2) is 7.53. The molecule has 1 saturated heterocycles. The van der Waals surface area contributed by atoms with Gasteiger partial charge in [-0.2, -0.15) is 0 Å². The zero-order valence-corrected chi connectivity index (χ0v) is 13.9. The summed E-state index contributed by atoms with van der Waals surface area (Å²) in [5.74, 6) is 1.45. The van der Waals surface area contributed by atoms with Crippen LogP contribution in [-0.2, 0) is 4.74 Å². The van der Waals surface area contributed by atoms with Gasteiger partial charge in [0.1, 0.15) is 0 Å². The third-order valence-electron chi connectivity index (χ3n) is 4.80. The highest BCUT2D eigenvalue weighted by molar-refractivity contribution is 5.19. The number of hydrogen-bond acceptors (Lipinski definition) is 4. The Hall–Kier alpha value is -0.970. The minimum Gasteiger partial charge on any atom is -0.374 e. The van der Waals surface area contributed by atoms with Gasteiger partial charge in [-0.3, -0.25) is 9.88 Å². The Bertz CT molecular complexity index is 445. The molecule has 0 bridgehead atoms. The van der Waals surface area contributed by atoms with E-state index in [9.17, 15) is 0 Å². The molecule has 1 aliphatic carbocycles. The van der Waals surface area contributed by atoms with E-state index in [0.717, 1.165) is 32.2 Å². The maximum Gasteiger partial charge on any atom is 0.0826 e. The van der Waals surface area contributed by atoms with Crippen LogP contribution < -0.4 is 5.32 Å². The molecule has 2 aliphatic rings. The normalized spacial score (nSPS) is 29.5. The van der Waals surface area contributed by atoms with Crippen molar-refractivity contribution >= 4 is 0 Å². The molecule has 0 radical (unpaired) electrons. The van der Waals surface area contributed by atoms with Crippen molar-refractivity contribution in [1.82, 2.24) is 15.2 Å². The molecule has 22 heavy (non-hydrogen) atoms. The van der Waals surface area contributed by atoms with E-state index in [1.807, 2.05) is 12.4 Å². The van der Waals surface area contributed by atoms with Gasteiger partial charge in [0.25, 0.3) is 0 Å². The summed E-state index contributed by atoms with van der Waals surface area (Å²) in [6, 6.07) is 4.95. The van der Waals surface area contributed by atoms with E-state index in [1.165, 1.54) is 24.9 Å². The van der Waals surface area contributed by atoms with Gasteiger partial charge in [0, 0.05) is 44.6 Å². The van der Waals surface area contributed by atoms with Gasteiger partial charge in [-0.15, -0.1) is 0 Å². The molecule has 1 N–H and O–H groups in total. The molecule has 0 aromatic carbocycles.